The Bertz CT molecular complexity index is 248. The topological polar surface area (TPSA) is 6.48 Å². The fourth-order valence-electron chi connectivity index (χ4n) is 2.31. The molecule has 0 unspecified atom stereocenters. The van der Waals surface area contributed by atoms with Gasteiger partial charge in [-0.3, -0.25) is 0 Å². The molecule has 0 aromatic heterocycles. The van der Waals surface area contributed by atoms with Gasteiger partial charge in [-0.1, -0.05) is 30.7 Å². The second kappa shape index (κ2) is 8.48. The Morgan fingerprint density at radius 1 is 1.18 bits per heavy atom. The van der Waals surface area contributed by atoms with Crippen molar-refractivity contribution in [3.8, 4) is 0 Å². The maximum Gasteiger partial charge on any atom is 0.0110 e. The molecular weight excluding hydrogens is 208 g/mol. The zero-order valence-corrected chi connectivity index (χ0v) is 11.8. The van der Waals surface area contributed by atoms with Crippen LogP contribution >= 0.6 is 0 Å². The van der Waals surface area contributed by atoms with E-state index in [9.17, 15) is 0 Å². The molecular formula is C15H28N2. The minimum absolute atomic E-state index is 1.15. The molecule has 17 heavy (non-hydrogen) atoms. The van der Waals surface area contributed by atoms with Gasteiger partial charge >= 0.3 is 0 Å². The first-order valence-electron chi connectivity index (χ1n) is 6.99. The van der Waals surface area contributed by atoms with Crippen LogP contribution in [0.25, 0.3) is 0 Å². The maximum atomic E-state index is 2.60. The molecule has 0 spiro atoms. The standard InChI is InChI=1S/C15H28N2/c1-4-7-15(8-5-2)9-6-10-17-13-11-16(3)12-14-17/h4,7-8H,5-6,9-14H2,1-3H3/b7-4-,15-8+. The Hall–Kier alpha value is -0.600. The predicted octanol–water partition coefficient (Wildman–Crippen LogP) is 2.93. The van der Waals surface area contributed by atoms with Gasteiger partial charge in [-0.15, -0.1) is 0 Å². The molecule has 0 bridgehead atoms. The minimum Gasteiger partial charge on any atom is -0.304 e. The minimum atomic E-state index is 1.15. The van der Waals surface area contributed by atoms with E-state index >= 15 is 0 Å². The average Bonchev–Trinajstić information content (AvgIpc) is 2.32. The molecule has 1 aliphatic rings. The lowest BCUT2D eigenvalue weighted by Gasteiger charge is -2.32. The summed E-state index contributed by atoms with van der Waals surface area (Å²) in [7, 11) is 2.21. The van der Waals surface area contributed by atoms with Crippen LogP contribution in [0.15, 0.2) is 23.8 Å². The Balaban J connectivity index is 2.20. The molecule has 1 rings (SSSR count). The molecule has 0 N–H and O–H groups in total. The number of nitrogens with zero attached hydrogens (tertiary/aromatic N) is 2. The molecule has 0 amide bonds. The molecule has 0 aromatic carbocycles. The highest BCUT2D eigenvalue weighted by Crippen LogP contribution is 2.10. The molecule has 2 nitrogen and oxygen atoms in total. The molecule has 1 fully saturated rings. The van der Waals surface area contributed by atoms with Gasteiger partial charge in [-0.05, 0) is 39.8 Å². The summed E-state index contributed by atoms with van der Waals surface area (Å²) < 4.78 is 0. The van der Waals surface area contributed by atoms with E-state index in [2.05, 4.69) is 48.9 Å². The average molecular weight is 236 g/mol. The van der Waals surface area contributed by atoms with Crippen LogP contribution in [-0.2, 0) is 0 Å². The number of hydrogen-bond donors (Lipinski definition) is 0. The molecule has 1 aliphatic heterocycles. The van der Waals surface area contributed by atoms with E-state index in [0.717, 1.165) is 6.42 Å². The van der Waals surface area contributed by atoms with Crippen LogP contribution < -0.4 is 0 Å². The van der Waals surface area contributed by atoms with Gasteiger partial charge in [-0.25, -0.2) is 0 Å². The van der Waals surface area contributed by atoms with Gasteiger partial charge in [0.2, 0.25) is 0 Å². The van der Waals surface area contributed by atoms with Crippen LogP contribution in [0.2, 0.25) is 0 Å². The Kier molecular flexibility index (Phi) is 7.22. The highest BCUT2D eigenvalue weighted by molar-refractivity contribution is 5.17. The van der Waals surface area contributed by atoms with Crippen molar-refractivity contribution in [1.82, 2.24) is 9.80 Å². The van der Waals surface area contributed by atoms with Gasteiger partial charge in [0, 0.05) is 26.2 Å². The summed E-state index contributed by atoms with van der Waals surface area (Å²) in [5.41, 5.74) is 1.50. The second-order valence-corrected chi connectivity index (χ2v) is 4.94. The molecule has 1 heterocycles. The van der Waals surface area contributed by atoms with Gasteiger partial charge in [0.05, 0.1) is 0 Å². The van der Waals surface area contributed by atoms with E-state index in [0.29, 0.717) is 0 Å². The van der Waals surface area contributed by atoms with Crippen molar-refractivity contribution in [3.05, 3.63) is 23.8 Å². The lowest BCUT2D eigenvalue weighted by Crippen LogP contribution is -2.44. The number of likely N-dealkylation sites (N-methyl/N-ethyl adjacent to an activating group) is 1. The first-order chi connectivity index (χ1) is 8.26. The monoisotopic (exact) mass is 236 g/mol. The Morgan fingerprint density at radius 2 is 1.88 bits per heavy atom. The molecule has 1 saturated heterocycles. The highest BCUT2D eigenvalue weighted by atomic mass is 15.2. The summed E-state index contributed by atoms with van der Waals surface area (Å²) in [5, 5.41) is 0. The van der Waals surface area contributed by atoms with Gasteiger partial charge in [0.15, 0.2) is 0 Å². The molecule has 0 aliphatic carbocycles. The number of allylic oxidation sites excluding steroid dienone is 4. The SMILES string of the molecule is C/C=C\C(=C/CC)CCCN1CCN(C)CC1. The number of rotatable bonds is 6. The van der Waals surface area contributed by atoms with E-state index in [1.54, 1.807) is 0 Å². The van der Waals surface area contributed by atoms with Crippen molar-refractivity contribution in [1.29, 1.82) is 0 Å². The van der Waals surface area contributed by atoms with Crippen LogP contribution in [0.1, 0.15) is 33.1 Å². The normalized spacial score (nSPS) is 20.3. The van der Waals surface area contributed by atoms with Crippen LogP contribution in [0, 0.1) is 0 Å². The molecule has 0 aromatic rings. The summed E-state index contributed by atoms with van der Waals surface area (Å²) in [4.78, 5) is 5.01. The summed E-state index contributed by atoms with van der Waals surface area (Å²) in [6, 6.07) is 0. The first-order valence-corrected chi connectivity index (χ1v) is 6.99. The summed E-state index contributed by atoms with van der Waals surface area (Å²) >= 11 is 0. The lowest BCUT2D eigenvalue weighted by molar-refractivity contribution is 0.153. The van der Waals surface area contributed by atoms with Gasteiger partial charge in [0.25, 0.3) is 0 Å². The van der Waals surface area contributed by atoms with Crippen LogP contribution in [-0.4, -0.2) is 49.6 Å². The third-order valence-corrected chi connectivity index (χ3v) is 3.38. The number of hydrogen-bond acceptors (Lipinski definition) is 2. The van der Waals surface area contributed by atoms with Gasteiger partial charge in [-0.2, -0.15) is 0 Å². The predicted molar refractivity (Wildman–Crippen MR) is 76.4 cm³/mol. The third-order valence-electron chi connectivity index (χ3n) is 3.38. The fraction of sp³-hybridized carbons (Fsp3) is 0.733. The van der Waals surface area contributed by atoms with E-state index in [1.807, 2.05) is 0 Å². The Labute approximate surface area is 107 Å². The van der Waals surface area contributed by atoms with Gasteiger partial charge in [0.1, 0.15) is 0 Å². The summed E-state index contributed by atoms with van der Waals surface area (Å²) in [6.45, 7) is 10.5. The van der Waals surface area contributed by atoms with Crippen molar-refractivity contribution < 1.29 is 0 Å². The zero-order chi connectivity index (χ0) is 12.5. The maximum absolute atomic E-state index is 2.60. The molecule has 0 saturated carbocycles. The van der Waals surface area contributed by atoms with Crippen LogP contribution in [0.4, 0.5) is 0 Å². The summed E-state index contributed by atoms with van der Waals surface area (Å²) in [5.74, 6) is 0. The Morgan fingerprint density at radius 3 is 2.47 bits per heavy atom. The lowest BCUT2D eigenvalue weighted by atomic mass is 10.1. The van der Waals surface area contributed by atoms with E-state index < -0.39 is 0 Å². The van der Waals surface area contributed by atoms with E-state index in [1.165, 1.54) is 51.1 Å². The van der Waals surface area contributed by atoms with E-state index in [4.69, 9.17) is 0 Å². The van der Waals surface area contributed by atoms with E-state index in [-0.39, 0.29) is 0 Å². The van der Waals surface area contributed by atoms with Crippen molar-refractivity contribution in [3.63, 3.8) is 0 Å². The largest absolute Gasteiger partial charge is 0.304 e. The van der Waals surface area contributed by atoms with Crippen molar-refractivity contribution >= 4 is 0 Å². The van der Waals surface area contributed by atoms with Gasteiger partial charge < -0.3 is 9.80 Å². The quantitative estimate of drug-likeness (QED) is 0.654. The number of piperazine rings is 1. The van der Waals surface area contributed by atoms with Crippen molar-refractivity contribution in [2.45, 2.75) is 33.1 Å². The van der Waals surface area contributed by atoms with Crippen molar-refractivity contribution in [2.24, 2.45) is 0 Å². The van der Waals surface area contributed by atoms with Crippen molar-refractivity contribution in [2.75, 3.05) is 39.8 Å². The molecule has 98 valence electrons. The second-order valence-electron chi connectivity index (χ2n) is 4.94. The molecule has 2 heteroatoms. The highest BCUT2D eigenvalue weighted by Gasteiger charge is 2.12. The van der Waals surface area contributed by atoms with Crippen LogP contribution in [0.3, 0.4) is 0 Å². The fourth-order valence-corrected chi connectivity index (χ4v) is 2.31. The van der Waals surface area contributed by atoms with Crippen LogP contribution in [0.5, 0.6) is 0 Å². The third kappa shape index (κ3) is 6.04. The smallest absolute Gasteiger partial charge is 0.0110 e. The molecule has 0 atom stereocenters. The zero-order valence-electron chi connectivity index (χ0n) is 11.8. The summed E-state index contributed by atoms with van der Waals surface area (Å²) in [6.07, 6.45) is 10.4. The first kappa shape index (κ1) is 14.5. The molecule has 0 radical (unpaired) electrons.